The summed E-state index contributed by atoms with van der Waals surface area (Å²) in [7, 11) is -0.474. The van der Waals surface area contributed by atoms with Crippen LogP contribution in [0.1, 0.15) is 25.5 Å². The van der Waals surface area contributed by atoms with Crippen molar-refractivity contribution in [1.29, 1.82) is 0 Å². The van der Waals surface area contributed by atoms with Gasteiger partial charge in [0.2, 0.25) is 0 Å². The Bertz CT molecular complexity index is 674. The number of rotatable bonds is 3. The van der Waals surface area contributed by atoms with Crippen molar-refractivity contribution in [2.24, 2.45) is 5.41 Å². The molecule has 1 saturated heterocycles. The molecule has 0 saturated carbocycles. The van der Waals surface area contributed by atoms with E-state index in [1.807, 2.05) is 31.4 Å². The SMILES string of the molecule is CC1(C)COB(c2cccs2)OC1c1ccccc1[N+](=O)[O-]. The zero-order chi connectivity index (χ0) is 15.7. The summed E-state index contributed by atoms with van der Waals surface area (Å²) in [5, 5.41) is 13.3. The quantitative estimate of drug-likeness (QED) is 0.495. The minimum absolute atomic E-state index is 0.0902. The standard InChI is InChI=1S/C15H16BNO4S/c1-15(2)10-20-16(13-8-5-9-22-13)21-14(15)11-6-3-4-7-12(11)17(18)19/h3-9,14H,10H2,1-2H3. The average Bonchev–Trinajstić information content (AvgIpc) is 3.01. The fraction of sp³-hybridized carbons (Fsp3) is 0.333. The van der Waals surface area contributed by atoms with Crippen molar-refractivity contribution in [2.45, 2.75) is 20.0 Å². The molecule has 2 aromatic rings. The third-order valence-electron chi connectivity index (χ3n) is 3.77. The van der Waals surface area contributed by atoms with E-state index in [2.05, 4.69) is 0 Å². The molecule has 1 fully saturated rings. The molecule has 0 N–H and O–H groups in total. The number of nitrogens with zero attached hydrogens (tertiary/aromatic N) is 1. The Balaban J connectivity index is 1.97. The molecule has 2 heterocycles. The summed E-state index contributed by atoms with van der Waals surface area (Å²) in [5.41, 5.74) is 0.342. The van der Waals surface area contributed by atoms with E-state index in [-0.39, 0.29) is 16.0 Å². The lowest BCUT2D eigenvalue weighted by molar-refractivity contribution is -0.386. The molecule has 0 aliphatic carbocycles. The number of para-hydroxylation sites is 1. The highest BCUT2D eigenvalue weighted by Gasteiger charge is 2.44. The Morgan fingerprint density at radius 3 is 2.77 bits per heavy atom. The summed E-state index contributed by atoms with van der Waals surface area (Å²) in [6.07, 6.45) is -0.394. The maximum Gasteiger partial charge on any atom is 0.504 e. The maximum atomic E-state index is 11.3. The number of nitro benzene ring substituents is 1. The van der Waals surface area contributed by atoms with Crippen LogP contribution in [0.4, 0.5) is 5.69 Å². The molecule has 5 nitrogen and oxygen atoms in total. The fourth-order valence-electron chi connectivity index (χ4n) is 2.66. The number of benzene rings is 1. The molecule has 0 radical (unpaired) electrons. The van der Waals surface area contributed by atoms with Crippen molar-refractivity contribution in [3.05, 3.63) is 57.5 Å². The van der Waals surface area contributed by atoms with Crippen molar-refractivity contribution in [1.82, 2.24) is 0 Å². The van der Waals surface area contributed by atoms with Gasteiger partial charge in [0.25, 0.3) is 5.69 Å². The molecule has 3 rings (SSSR count). The van der Waals surface area contributed by atoms with Crippen molar-refractivity contribution in [3.8, 4) is 0 Å². The van der Waals surface area contributed by atoms with Crippen LogP contribution in [0.15, 0.2) is 41.8 Å². The Hall–Kier alpha value is -1.70. The smallest absolute Gasteiger partial charge is 0.406 e. The monoisotopic (exact) mass is 317 g/mol. The van der Waals surface area contributed by atoms with E-state index in [0.717, 1.165) is 4.78 Å². The largest absolute Gasteiger partial charge is 0.504 e. The zero-order valence-corrected chi connectivity index (χ0v) is 13.2. The first-order valence-corrected chi connectivity index (χ1v) is 7.91. The van der Waals surface area contributed by atoms with Crippen molar-refractivity contribution < 1.29 is 14.2 Å². The zero-order valence-electron chi connectivity index (χ0n) is 12.4. The number of thiophene rings is 1. The highest BCUT2D eigenvalue weighted by atomic mass is 32.1. The molecule has 1 aromatic heterocycles. The van der Waals surface area contributed by atoms with Crippen LogP contribution < -0.4 is 4.78 Å². The van der Waals surface area contributed by atoms with Gasteiger partial charge in [-0.25, -0.2) is 0 Å². The predicted octanol–water partition coefficient (Wildman–Crippen LogP) is 3.17. The molecule has 0 bridgehead atoms. The third-order valence-corrected chi connectivity index (χ3v) is 4.66. The first-order chi connectivity index (χ1) is 10.5. The van der Waals surface area contributed by atoms with Gasteiger partial charge in [-0.2, -0.15) is 11.3 Å². The summed E-state index contributed by atoms with van der Waals surface area (Å²) in [4.78, 5) is 10.9. The van der Waals surface area contributed by atoms with E-state index in [1.165, 1.54) is 6.07 Å². The van der Waals surface area contributed by atoms with Crippen LogP contribution in [0, 0.1) is 15.5 Å². The maximum absolute atomic E-state index is 11.3. The Morgan fingerprint density at radius 2 is 2.09 bits per heavy atom. The van der Waals surface area contributed by atoms with Crippen LogP contribution in [0.2, 0.25) is 0 Å². The van der Waals surface area contributed by atoms with E-state index < -0.39 is 13.2 Å². The summed E-state index contributed by atoms with van der Waals surface area (Å²) in [6, 6.07) is 10.6. The van der Waals surface area contributed by atoms with Crippen molar-refractivity contribution in [2.75, 3.05) is 6.61 Å². The lowest BCUT2D eigenvalue weighted by Crippen LogP contribution is -2.48. The molecule has 0 amide bonds. The number of hydrogen-bond acceptors (Lipinski definition) is 5. The molecule has 7 heteroatoms. The van der Waals surface area contributed by atoms with Gasteiger partial charge in [-0.3, -0.25) is 10.1 Å². The second-order valence-corrected chi connectivity index (χ2v) is 6.96. The van der Waals surface area contributed by atoms with Crippen LogP contribution in [-0.4, -0.2) is 18.6 Å². The molecule has 1 aliphatic rings. The van der Waals surface area contributed by atoms with Crippen LogP contribution >= 0.6 is 11.3 Å². The molecule has 1 unspecified atom stereocenters. The van der Waals surface area contributed by atoms with Crippen molar-refractivity contribution >= 4 is 28.9 Å². The molecule has 114 valence electrons. The molecule has 1 aliphatic heterocycles. The topological polar surface area (TPSA) is 61.6 Å². The van der Waals surface area contributed by atoms with Gasteiger partial charge in [0, 0.05) is 22.9 Å². The van der Waals surface area contributed by atoms with Gasteiger partial charge >= 0.3 is 7.12 Å². The van der Waals surface area contributed by atoms with Gasteiger partial charge in [-0.15, -0.1) is 0 Å². The molecule has 1 aromatic carbocycles. The molecular formula is C15H16BNO4S. The summed E-state index contributed by atoms with van der Waals surface area (Å²) in [6.45, 7) is 4.48. The molecular weight excluding hydrogens is 301 g/mol. The Kier molecular flexibility index (Phi) is 4.03. The Labute approximate surface area is 133 Å². The highest BCUT2D eigenvalue weighted by Crippen LogP contribution is 2.43. The van der Waals surface area contributed by atoms with Gasteiger partial charge < -0.3 is 9.31 Å². The number of hydrogen-bond donors (Lipinski definition) is 0. The second kappa shape index (κ2) is 5.83. The first-order valence-electron chi connectivity index (χ1n) is 7.03. The average molecular weight is 317 g/mol. The molecule has 0 spiro atoms. The van der Waals surface area contributed by atoms with Gasteiger partial charge in [0.15, 0.2) is 0 Å². The van der Waals surface area contributed by atoms with E-state index in [0.29, 0.717) is 12.2 Å². The highest BCUT2D eigenvalue weighted by molar-refractivity contribution is 7.20. The second-order valence-electron chi connectivity index (χ2n) is 5.98. The van der Waals surface area contributed by atoms with Gasteiger partial charge in [-0.05, 0) is 11.4 Å². The minimum Gasteiger partial charge on any atom is -0.406 e. The van der Waals surface area contributed by atoms with Crippen molar-refractivity contribution in [3.63, 3.8) is 0 Å². The lowest BCUT2D eigenvalue weighted by Gasteiger charge is -2.40. The van der Waals surface area contributed by atoms with Gasteiger partial charge in [0.1, 0.15) is 0 Å². The first kappa shape index (κ1) is 15.2. The third kappa shape index (κ3) is 2.79. The van der Waals surface area contributed by atoms with E-state index in [9.17, 15) is 10.1 Å². The van der Waals surface area contributed by atoms with Crippen LogP contribution in [0.3, 0.4) is 0 Å². The predicted molar refractivity (Wildman–Crippen MR) is 86.4 cm³/mol. The lowest BCUT2D eigenvalue weighted by atomic mass is 9.75. The van der Waals surface area contributed by atoms with E-state index in [1.54, 1.807) is 29.5 Å². The van der Waals surface area contributed by atoms with Gasteiger partial charge in [-0.1, -0.05) is 38.1 Å². The Morgan fingerprint density at radius 1 is 1.32 bits per heavy atom. The van der Waals surface area contributed by atoms with E-state index in [4.69, 9.17) is 9.31 Å². The summed E-state index contributed by atoms with van der Waals surface area (Å²) < 4.78 is 12.9. The van der Waals surface area contributed by atoms with Crippen LogP contribution in [0.5, 0.6) is 0 Å². The van der Waals surface area contributed by atoms with Gasteiger partial charge in [0.05, 0.1) is 16.6 Å². The molecule has 1 atom stereocenters. The fourth-order valence-corrected chi connectivity index (χ4v) is 3.36. The van der Waals surface area contributed by atoms with E-state index >= 15 is 0 Å². The number of nitro groups is 1. The molecule has 22 heavy (non-hydrogen) atoms. The van der Waals surface area contributed by atoms with Crippen LogP contribution in [-0.2, 0) is 9.31 Å². The summed E-state index contributed by atoms with van der Waals surface area (Å²) in [5.74, 6) is 0. The minimum atomic E-state index is -0.474. The van der Waals surface area contributed by atoms with Crippen LogP contribution in [0.25, 0.3) is 0 Å². The normalized spacial score (nSPS) is 20.8. The summed E-state index contributed by atoms with van der Waals surface area (Å²) >= 11 is 1.55.